The Morgan fingerprint density at radius 3 is 2.11 bits per heavy atom. The van der Waals surface area contributed by atoms with Crippen molar-refractivity contribution in [1.82, 2.24) is 10.6 Å². The first-order valence-corrected chi connectivity index (χ1v) is 6.31. The second-order valence-corrected chi connectivity index (χ2v) is 5.76. The second kappa shape index (κ2) is 6.39. The van der Waals surface area contributed by atoms with E-state index in [0.29, 0.717) is 18.7 Å². The number of hydrogen-bond donors (Lipinski definition) is 2. The number of rotatable bonds is 5. The van der Waals surface area contributed by atoms with Gasteiger partial charge in [-0.2, -0.15) is 0 Å². The van der Waals surface area contributed by atoms with E-state index in [1.165, 1.54) is 0 Å². The van der Waals surface area contributed by atoms with Crippen LogP contribution >= 0.6 is 0 Å². The Bertz CT molecular complexity index is 404. The van der Waals surface area contributed by atoms with Gasteiger partial charge in [-0.15, -0.1) is 0 Å². The van der Waals surface area contributed by atoms with Crippen molar-refractivity contribution in [3.8, 4) is 0 Å². The molecule has 0 aliphatic heterocycles. The van der Waals surface area contributed by atoms with Crippen molar-refractivity contribution in [1.29, 1.82) is 0 Å². The molecule has 0 saturated heterocycles. The summed E-state index contributed by atoms with van der Waals surface area (Å²) in [6.07, 6.45) is 0. The van der Waals surface area contributed by atoms with Crippen molar-refractivity contribution in [2.75, 3.05) is 6.54 Å². The van der Waals surface area contributed by atoms with E-state index >= 15 is 0 Å². The first-order valence-electron chi connectivity index (χ1n) is 6.31. The number of benzene rings is 1. The Balaban J connectivity index is 2.53. The average molecular weight is 274 g/mol. The molecular formula is C14H21F3N2. The van der Waals surface area contributed by atoms with E-state index < -0.39 is 17.5 Å². The molecule has 5 heteroatoms. The first-order chi connectivity index (χ1) is 8.69. The van der Waals surface area contributed by atoms with Crippen LogP contribution in [0.1, 0.15) is 33.3 Å². The number of hydrogen-bond acceptors (Lipinski definition) is 2. The zero-order valence-electron chi connectivity index (χ0n) is 11.8. The molecule has 0 radical (unpaired) electrons. The average Bonchev–Trinajstić information content (AvgIpc) is 2.23. The van der Waals surface area contributed by atoms with Crippen molar-refractivity contribution < 1.29 is 13.2 Å². The Morgan fingerprint density at radius 1 is 1.11 bits per heavy atom. The lowest BCUT2D eigenvalue weighted by Gasteiger charge is -2.24. The van der Waals surface area contributed by atoms with Gasteiger partial charge >= 0.3 is 0 Å². The van der Waals surface area contributed by atoms with Crippen LogP contribution in [0.3, 0.4) is 0 Å². The van der Waals surface area contributed by atoms with Crippen LogP contribution in [0.4, 0.5) is 13.2 Å². The van der Waals surface area contributed by atoms with Crippen molar-refractivity contribution >= 4 is 0 Å². The standard InChI is InChI=1S/C14H21F3N2/c1-9(7-19-14(2,3)4)18-8-11-12(16)5-10(15)6-13(11)17/h5-6,9,18-19H,7-8H2,1-4H3. The summed E-state index contributed by atoms with van der Waals surface area (Å²) in [6, 6.07) is 1.43. The normalized spacial score (nSPS) is 13.6. The Kier molecular flexibility index (Phi) is 5.38. The highest BCUT2D eigenvalue weighted by molar-refractivity contribution is 5.20. The maximum atomic E-state index is 13.4. The lowest BCUT2D eigenvalue weighted by Crippen LogP contribution is -2.44. The van der Waals surface area contributed by atoms with Crippen molar-refractivity contribution in [2.24, 2.45) is 0 Å². The third-order valence-corrected chi connectivity index (χ3v) is 2.67. The predicted octanol–water partition coefficient (Wildman–Crippen LogP) is 2.97. The zero-order valence-corrected chi connectivity index (χ0v) is 11.8. The molecule has 2 nitrogen and oxygen atoms in total. The van der Waals surface area contributed by atoms with Crippen LogP contribution in [0.5, 0.6) is 0 Å². The lowest BCUT2D eigenvalue weighted by atomic mass is 10.1. The molecule has 0 bridgehead atoms. The van der Waals surface area contributed by atoms with Crippen LogP contribution in [0.2, 0.25) is 0 Å². The summed E-state index contributed by atoms with van der Waals surface area (Å²) in [7, 11) is 0. The third kappa shape index (κ3) is 5.61. The third-order valence-electron chi connectivity index (χ3n) is 2.67. The van der Waals surface area contributed by atoms with E-state index in [1.807, 2.05) is 27.7 Å². The van der Waals surface area contributed by atoms with Crippen LogP contribution in [-0.2, 0) is 6.54 Å². The number of nitrogens with one attached hydrogen (secondary N) is 2. The van der Waals surface area contributed by atoms with Gasteiger partial charge in [-0.05, 0) is 27.7 Å². The number of halogens is 3. The summed E-state index contributed by atoms with van der Waals surface area (Å²) in [5, 5.41) is 6.29. The molecule has 108 valence electrons. The highest BCUT2D eigenvalue weighted by atomic mass is 19.1. The van der Waals surface area contributed by atoms with E-state index in [4.69, 9.17) is 0 Å². The molecule has 1 aromatic rings. The smallest absolute Gasteiger partial charge is 0.133 e. The monoisotopic (exact) mass is 274 g/mol. The molecule has 1 unspecified atom stereocenters. The van der Waals surface area contributed by atoms with Gasteiger partial charge in [0.15, 0.2) is 0 Å². The van der Waals surface area contributed by atoms with E-state index in [1.54, 1.807) is 0 Å². The highest BCUT2D eigenvalue weighted by Crippen LogP contribution is 2.14. The first kappa shape index (κ1) is 16.0. The van der Waals surface area contributed by atoms with Gasteiger partial charge in [0.05, 0.1) is 0 Å². The molecule has 0 heterocycles. The summed E-state index contributed by atoms with van der Waals surface area (Å²) < 4.78 is 39.6. The van der Waals surface area contributed by atoms with Crippen LogP contribution in [-0.4, -0.2) is 18.1 Å². The van der Waals surface area contributed by atoms with Crippen LogP contribution in [0, 0.1) is 17.5 Å². The molecule has 0 spiro atoms. The van der Waals surface area contributed by atoms with Crippen molar-refractivity contribution in [2.45, 2.75) is 45.8 Å². The SMILES string of the molecule is CC(CNC(C)(C)C)NCc1c(F)cc(F)cc1F. The molecule has 1 rings (SSSR count). The molecule has 0 amide bonds. The lowest BCUT2D eigenvalue weighted by molar-refractivity contribution is 0.384. The summed E-state index contributed by atoms with van der Waals surface area (Å²) in [6.45, 7) is 8.74. The topological polar surface area (TPSA) is 24.1 Å². The van der Waals surface area contributed by atoms with Gasteiger partial charge in [0.25, 0.3) is 0 Å². The minimum atomic E-state index is -0.902. The van der Waals surface area contributed by atoms with Gasteiger partial charge in [-0.25, -0.2) is 13.2 Å². The van der Waals surface area contributed by atoms with Gasteiger partial charge in [0, 0.05) is 42.4 Å². The van der Waals surface area contributed by atoms with Gasteiger partial charge < -0.3 is 10.6 Å². The second-order valence-electron chi connectivity index (χ2n) is 5.76. The fraction of sp³-hybridized carbons (Fsp3) is 0.571. The van der Waals surface area contributed by atoms with E-state index in [9.17, 15) is 13.2 Å². The zero-order chi connectivity index (χ0) is 14.6. The van der Waals surface area contributed by atoms with Crippen LogP contribution < -0.4 is 10.6 Å². The maximum absolute atomic E-state index is 13.4. The molecule has 1 atom stereocenters. The summed E-state index contributed by atoms with van der Waals surface area (Å²) in [5.74, 6) is -2.62. The molecule has 1 aromatic carbocycles. The van der Waals surface area contributed by atoms with Gasteiger partial charge in [-0.3, -0.25) is 0 Å². The molecule has 0 aliphatic rings. The summed E-state index contributed by atoms with van der Waals surface area (Å²) >= 11 is 0. The van der Waals surface area contributed by atoms with Crippen molar-refractivity contribution in [3.63, 3.8) is 0 Å². The summed E-state index contributed by atoms with van der Waals surface area (Å²) in [5.41, 5.74) is -0.147. The van der Waals surface area contributed by atoms with E-state index in [-0.39, 0.29) is 23.7 Å². The highest BCUT2D eigenvalue weighted by Gasteiger charge is 2.14. The van der Waals surface area contributed by atoms with Gasteiger partial charge in [-0.1, -0.05) is 0 Å². The van der Waals surface area contributed by atoms with E-state index in [0.717, 1.165) is 0 Å². The van der Waals surface area contributed by atoms with Crippen LogP contribution in [0.15, 0.2) is 12.1 Å². The Morgan fingerprint density at radius 2 is 1.63 bits per heavy atom. The quantitative estimate of drug-likeness (QED) is 0.862. The largest absolute Gasteiger partial charge is 0.311 e. The fourth-order valence-corrected chi connectivity index (χ4v) is 1.55. The van der Waals surface area contributed by atoms with Gasteiger partial charge in [0.1, 0.15) is 17.5 Å². The van der Waals surface area contributed by atoms with Crippen molar-refractivity contribution in [3.05, 3.63) is 35.1 Å². The minimum absolute atomic E-state index is 0.0116. The van der Waals surface area contributed by atoms with Gasteiger partial charge in [0.2, 0.25) is 0 Å². The molecular weight excluding hydrogens is 253 g/mol. The fourth-order valence-electron chi connectivity index (χ4n) is 1.55. The molecule has 0 fully saturated rings. The Labute approximate surface area is 112 Å². The molecule has 19 heavy (non-hydrogen) atoms. The summed E-state index contributed by atoms with van der Waals surface area (Å²) in [4.78, 5) is 0. The molecule has 0 aromatic heterocycles. The van der Waals surface area contributed by atoms with Crippen LogP contribution in [0.25, 0.3) is 0 Å². The molecule has 0 aliphatic carbocycles. The van der Waals surface area contributed by atoms with E-state index in [2.05, 4.69) is 10.6 Å². The maximum Gasteiger partial charge on any atom is 0.133 e. The minimum Gasteiger partial charge on any atom is -0.311 e. The molecule has 2 N–H and O–H groups in total. The Hall–Kier alpha value is -1.07. The predicted molar refractivity (Wildman–Crippen MR) is 70.4 cm³/mol. The molecule has 0 saturated carbocycles.